The molecule has 6 amide bonds. The number of aryl methyl sites for hydroxylation is 1. The zero-order valence-electron chi connectivity index (χ0n) is 45.9. The SMILES string of the molecule is CCC.CCC(C)C(C(CC(=O)N1CCCC1C(OC)C(C)C(=O)NCP(=O)(O)CC(=O)O)OC)N(C)C(=O)CN=C(N(C)C)N1CCN(C=O)CC1.CCCCCCN1C(=O)C=CC1=O.Cc1ccccc1. The van der Waals surface area contributed by atoms with Crippen LogP contribution >= 0.6 is 7.37 Å². The lowest BCUT2D eigenvalue weighted by Crippen LogP contribution is -2.54. The van der Waals surface area contributed by atoms with Gasteiger partial charge in [0.25, 0.3) is 11.8 Å². The topological polar surface area (TPSA) is 239 Å². The highest BCUT2D eigenvalue weighted by molar-refractivity contribution is 7.58. The van der Waals surface area contributed by atoms with Crippen LogP contribution in [0.25, 0.3) is 0 Å². The Morgan fingerprint density at radius 1 is 0.918 bits per heavy atom. The van der Waals surface area contributed by atoms with Gasteiger partial charge in [0.2, 0.25) is 31.5 Å². The first-order chi connectivity index (χ1) is 34.6. The zero-order chi connectivity index (χ0) is 55.3. The van der Waals surface area contributed by atoms with Crippen LogP contribution in [-0.2, 0) is 47.6 Å². The fourth-order valence-electron chi connectivity index (χ4n) is 8.64. The molecule has 0 saturated carbocycles. The van der Waals surface area contributed by atoms with E-state index in [4.69, 9.17) is 14.6 Å². The summed E-state index contributed by atoms with van der Waals surface area (Å²) in [7, 11) is 4.25. The first-order valence-corrected chi connectivity index (χ1v) is 27.7. The van der Waals surface area contributed by atoms with E-state index >= 15 is 0 Å². The number of aliphatic carboxylic acids is 1. The maximum atomic E-state index is 13.9. The maximum Gasteiger partial charge on any atom is 0.313 e. The summed E-state index contributed by atoms with van der Waals surface area (Å²) in [6, 6.07) is 9.36. The number of methoxy groups -OCH3 is 2. The summed E-state index contributed by atoms with van der Waals surface area (Å²) >= 11 is 0. The first kappa shape index (κ1) is 65.8. The van der Waals surface area contributed by atoms with Crippen LogP contribution in [0.1, 0.15) is 105 Å². The minimum Gasteiger partial charge on any atom is -0.481 e. The molecule has 73 heavy (non-hydrogen) atoms. The van der Waals surface area contributed by atoms with E-state index in [1.807, 2.05) is 55.9 Å². The second-order valence-electron chi connectivity index (χ2n) is 19.0. The molecule has 0 aliphatic carbocycles. The molecule has 3 aliphatic heterocycles. The molecule has 1 aromatic rings. The number of hydrogen-bond donors (Lipinski definition) is 3. The minimum atomic E-state index is -4.12. The predicted molar refractivity (Wildman–Crippen MR) is 284 cm³/mol. The van der Waals surface area contributed by atoms with Crippen LogP contribution in [0, 0.1) is 18.8 Å². The number of amides is 6. The van der Waals surface area contributed by atoms with Gasteiger partial charge in [-0.05, 0) is 32.1 Å². The van der Waals surface area contributed by atoms with Gasteiger partial charge in [-0.15, -0.1) is 0 Å². The second kappa shape index (κ2) is 35.1. The molecule has 0 radical (unpaired) electrons. The third-order valence-corrected chi connectivity index (χ3v) is 14.2. The third kappa shape index (κ3) is 23.3. The van der Waals surface area contributed by atoms with Crippen molar-refractivity contribution in [3.8, 4) is 0 Å². The summed E-state index contributed by atoms with van der Waals surface area (Å²) in [4.78, 5) is 109. The number of likely N-dealkylation sites (tertiary alicyclic amines) is 1. The number of benzene rings is 1. The summed E-state index contributed by atoms with van der Waals surface area (Å²) in [5.74, 6) is -3.01. The molecule has 0 bridgehead atoms. The van der Waals surface area contributed by atoms with Crippen molar-refractivity contribution < 1.29 is 57.6 Å². The fourth-order valence-corrected chi connectivity index (χ4v) is 9.58. The number of unbranched alkanes of at least 4 members (excludes halogenated alkanes) is 3. The fraction of sp³-hybridized carbons (Fsp3) is 0.692. The van der Waals surface area contributed by atoms with Crippen LogP contribution in [0.5, 0.6) is 0 Å². The van der Waals surface area contributed by atoms with Gasteiger partial charge < -0.3 is 49.3 Å². The molecule has 3 N–H and O–H groups in total. The molecule has 4 rings (SSSR count). The molecule has 21 heteroatoms. The highest BCUT2D eigenvalue weighted by Crippen LogP contribution is 2.38. The average Bonchev–Trinajstić information content (AvgIpc) is 3.97. The number of rotatable bonds is 23. The number of hydrogen-bond acceptors (Lipinski definition) is 11. The van der Waals surface area contributed by atoms with Crippen molar-refractivity contribution in [2.75, 3.05) is 93.6 Å². The summed E-state index contributed by atoms with van der Waals surface area (Å²) in [5, 5.41) is 11.2. The van der Waals surface area contributed by atoms with Gasteiger partial charge in [-0.3, -0.25) is 43.0 Å². The smallest absolute Gasteiger partial charge is 0.313 e. The van der Waals surface area contributed by atoms with Crippen LogP contribution in [0.2, 0.25) is 0 Å². The Morgan fingerprint density at radius 3 is 2.00 bits per heavy atom. The Labute approximate surface area is 435 Å². The average molecular weight is 1050 g/mol. The number of aliphatic imine (C=N–C) groups is 1. The first-order valence-electron chi connectivity index (χ1n) is 25.7. The lowest BCUT2D eigenvalue weighted by Gasteiger charge is -2.39. The summed E-state index contributed by atoms with van der Waals surface area (Å²) in [6.07, 6.45) is 8.02. The Balaban J connectivity index is 0.000000938. The summed E-state index contributed by atoms with van der Waals surface area (Å²) < 4.78 is 23.7. The number of nitrogens with one attached hydrogen (secondary N) is 1. The number of guanidine groups is 1. The number of carboxylic acids is 1. The Bertz CT molecular complexity index is 1950. The van der Waals surface area contributed by atoms with Crippen molar-refractivity contribution in [3.63, 3.8) is 0 Å². The lowest BCUT2D eigenvalue weighted by atomic mass is 9.90. The number of nitrogens with zero attached hydrogens (tertiary/aromatic N) is 7. The summed E-state index contributed by atoms with van der Waals surface area (Å²) in [5.41, 5.74) is 1.32. The quantitative estimate of drug-likeness (QED) is 0.0329. The third-order valence-electron chi connectivity index (χ3n) is 12.8. The molecular formula is C52H89N8O12P. The zero-order valence-corrected chi connectivity index (χ0v) is 46.8. The number of likely N-dealkylation sites (N-methyl/N-ethyl adjacent to an activating group) is 1. The van der Waals surface area contributed by atoms with Crippen LogP contribution in [-0.4, -0.2) is 205 Å². The molecule has 3 aliphatic rings. The van der Waals surface area contributed by atoms with Crippen LogP contribution in [0.4, 0.5) is 0 Å². The molecule has 20 nitrogen and oxygen atoms in total. The number of carboxylic acid groups (broad SMARTS) is 1. The van der Waals surface area contributed by atoms with Crippen LogP contribution < -0.4 is 5.32 Å². The molecule has 2 fully saturated rings. The van der Waals surface area contributed by atoms with Gasteiger partial charge in [0.15, 0.2) is 5.96 Å². The van der Waals surface area contributed by atoms with E-state index in [0.717, 1.165) is 25.7 Å². The molecule has 1 aromatic carbocycles. The van der Waals surface area contributed by atoms with E-state index in [1.165, 1.54) is 56.1 Å². The Morgan fingerprint density at radius 2 is 1.52 bits per heavy atom. The largest absolute Gasteiger partial charge is 0.481 e. The highest BCUT2D eigenvalue weighted by atomic mass is 31.2. The van der Waals surface area contributed by atoms with Gasteiger partial charge in [-0.2, -0.15) is 0 Å². The normalized spacial score (nSPS) is 18.3. The van der Waals surface area contributed by atoms with Crippen molar-refractivity contribution >= 4 is 55.2 Å². The molecule has 2 saturated heterocycles. The molecule has 0 aromatic heterocycles. The maximum absolute atomic E-state index is 13.9. The monoisotopic (exact) mass is 1050 g/mol. The molecule has 0 spiro atoms. The van der Waals surface area contributed by atoms with Gasteiger partial charge in [0, 0.05) is 86.8 Å². The van der Waals surface area contributed by atoms with Crippen LogP contribution in [0.3, 0.4) is 0 Å². The van der Waals surface area contributed by atoms with Gasteiger partial charge in [0.1, 0.15) is 12.7 Å². The van der Waals surface area contributed by atoms with Gasteiger partial charge in [0.05, 0.1) is 42.9 Å². The standard InChI is InChI=1S/C32H58N7O10P.C10H15NO2.C7H8.C3H8/c1-9-22(2)29(36(6)27(42)18-33-32(35(4)5)38-15-13-37(21-40)14-16-38)25(48-7)17-26(41)39-12-10-11-24(39)30(49-8)23(3)31(45)34-20-50(46,47)19-28(43)44;1-2-3-4-5-8-11-9(12)6-7-10(11)13;1-7-5-3-2-4-6-7;1-3-2/h21-25,29-30H,9-20H2,1-8H3,(H,34,45)(H,43,44)(H,46,47);6-7H,2-5,8H2,1H3;2-6H,1H3;3H2,1-2H3. The number of imide groups is 1. The van der Waals surface area contributed by atoms with E-state index in [-0.39, 0.29) is 42.5 Å². The molecular weight excluding hydrogens is 960 g/mol. The van der Waals surface area contributed by atoms with E-state index < -0.39 is 61.9 Å². The van der Waals surface area contributed by atoms with Crippen LogP contribution in [0.15, 0.2) is 47.5 Å². The van der Waals surface area contributed by atoms with Crippen molar-refractivity contribution in [2.45, 2.75) is 131 Å². The lowest BCUT2D eigenvalue weighted by molar-refractivity contribution is -0.145. The number of ether oxygens (including phenoxy) is 2. The molecule has 7 unspecified atom stereocenters. The second-order valence-corrected chi connectivity index (χ2v) is 21.3. The van der Waals surface area contributed by atoms with Crippen molar-refractivity contribution in [1.82, 2.24) is 34.7 Å². The molecule has 7 atom stereocenters. The Kier molecular flexibility index (Phi) is 31.7. The number of piperazine rings is 1. The molecule has 3 heterocycles. The van der Waals surface area contributed by atoms with Gasteiger partial charge in [-0.25, -0.2) is 4.99 Å². The van der Waals surface area contributed by atoms with Crippen molar-refractivity contribution in [3.05, 3.63) is 48.0 Å². The van der Waals surface area contributed by atoms with Crippen molar-refractivity contribution in [2.24, 2.45) is 16.8 Å². The van der Waals surface area contributed by atoms with E-state index in [9.17, 15) is 43.0 Å². The van der Waals surface area contributed by atoms with Crippen molar-refractivity contribution in [1.29, 1.82) is 0 Å². The summed E-state index contributed by atoms with van der Waals surface area (Å²) in [6.45, 7) is 17.3. The van der Waals surface area contributed by atoms with Gasteiger partial charge in [-0.1, -0.05) is 110 Å². The number of carbonyl (C=O) groups excluding carboxylic acids is 6. The predicted octanol–water partition coefficient (Wildman–Crippen LogP) is 4.93. The highest BCUT2D eigenvalue weighted by Gasteiger charge is 2.42. The Hall–Kier alpha value is -5.17. The number of carbonyl (C=O) groups is 7. The van der Waals surface area contributed by atoms with E-state index in [1.54, 1.807) is 28.7 Å². The van der Waals surface area contributed by atoms with E-state index in [2.05, 4.69) is 50.1 Å². The molecule has 414 valence electrons. The minimum absolute atomic E-state index is 0.0211. The van der Waals surface area contributed by atoms with Gasteiger partial charge >= 0.3 is 5.97 Å². The van der Waals surface area contributed by atoms with E-state index in [0.29, 0.717) is 58.1 Å².